The summed E-state index contributed by atoms with van der Waals surface area (Å²) in [4.78, 5) is 31.9. The molecule has 0 aromatic heterocycles. The second-order valence-corrected chi connectivity index (χ2v) is 3.28. The number of carboxylic acids is 3. The van der Waals surface area contributed by atoms with Gasteiger partial charge in [-0.25, -0.2) is 14.4 Å². The smallest absolute Gasteiger partial charge is 0.336 e. The third-order valence-corrected chi connectivity index (χ3v) is 2.30. The van der Waals surface area contributed by atoms with Gasteiger partial charge in [0.15, 0.2) is 0 Å². The molecule has 1 aromatic carbocycles. The Hall–Kier alpha value is -1.40. The summed E-state index contributed by atoms with van der Waals surface area (Å²) in [6.45, 7) is 0. The van der Waals surface area contributed by atoms with E-state index >= 15 is 0 Å². The van der Waals surface area contributed by atoms with Gasteiger partial charge in [-0.15, -0.1) is 12.6 Å². The van der Waals surface area contributed by atoms with E-state index in [-0.39, 0.29) is 24.4 Å². The van der Waals surface area contributed by atoms with Crippen LogP contribution in [0.5, 0.6) is 0 Å². The van der Waals surface area contributed by atoms with Crippen molar-refractivity contribution in [1.29, 1.82) is 0 Å². The summed E-state index contributed by atoms with van der Waals surface area (Å²) in [5.74, 6) is -4.27. The van der Waals surface area contributed by atoms with Crippen LogP contribution < -0.4 is 0 Å². The van der Waals surface area contributed by atoms with Gasteiger partial charge in [0.25, 0.3) is 0 Å². The van der Waals surface area contributed by atoms with E-state index in [1.165, 1.54) is 0 Å². The number of carbonyl (C=O) groups is 3. The van der Waals surface area contributed by atoms with Crippen molar-refractivity contribution in [3.8, 4) is 0 Å². The van der Waals surface area contributed by atoms with Gasteiger partial charge in [-0.1, -0.05) is 0 Å². The van der Waals surface area contributed by atoms with Crippen LogP contribution in [-0.2, 0) is 19.5 Å². The van der Waals surface area contributed by atoms with Gasteiger partial charge in [0.1, 0.15) is 0 Å². The van der Waals surface area contributed by atoms with Gasteiger partial charge >= 0.3 is 17.9 Å². The Morgan fingerprint density at radius 1 is 0.882 bits per heavy atom. The van der Waals surface area contributed by atoms with Crippen molar-refractivity contribution in [1.82, 2.24) is 0 Å². The van der Waals surface area contributed by atoms with Crippen LogP contribution in [0.2, 0.25) is 0 Å². The molecule has 0 aliphatic heterocycles. The standard InChI is InChI=1S/C9H6O6S.Zn/c10-7(11)3-1-4(8(12)13)6(16)5(2-3)9(14)15;/h1-2,16H,(H,10,11)(H,12,13)(H,14,15);. The van der Waals surface area contributed by atoms with Crippen molar-refractivity contribution in [2.45, 2.75) is 4.90 Å². The summed E-state index contributed by atoms with van der Waals surface area (Å²) in [6, 6.07) is 1.72. The van der Waals surface area contributed by atoms with Crippen molar-refractivity contribution in [3.05, 3.63) is 28.8 Å². The molecule has 0 saturated carbocycles. The van der Waals surface area contributed by atoms with Gasteiger partial charge < -0.3 is 15.3 Å². The minimum absolute atomic E-state index is 0. The molecule has 0 radical (unpaired) electrons. The number of hydrogen-bond donors (Lipinski definition) is 4. The molecule has 86 valence electrons. The first kappa shape index (κ1) is 15.6. The maximum Gasteiger partial charge on any atom is 0.336 e. The van der Waals surface area contributed by atoms with E-state index in [1.807, 2.05) is 0 Å². The molecule has 1 aromatic rings. The Balaban J connectivity index is 0.00000256. The quantitative estimate of drug-likeness (QED) is 0.491. The van der Waals surface area contributed by atoms with E-state index in [4.69, 9.17) is 15.3 Å². The number of aromatic carboxylic acids is 3. The van der Waals surface area contributed by atoms with Crippen molar-refractivity contribution < 1.29 is 49.2 Å². The zero-order valence-electron chi connectivity index (χ0n) is 8.38. The summed E-state index contributed by atoms with van der Waals surface area (Å²) in [5, 5.41) is 26.2. The first-order valence-corrected chi connectivity index (χ1v) is 4.36. The Morgan fingerprint density at radius 2 is 1.24 bits per heavy atom. The normalized spacial score (nSPS) is 9.24. The SMILES string of the molecule is O=C(O)c1cc(C(=O)O)c(S)c(C(=O)O)c1.[Zn]. The Morgan fingerprint density at radius 3 is 1.47 bits per heavy atom. The number of carboxylic acid groups (broad SMARTS) is 3. The van der Waals surface area contributed by atoms with Gasteiger partial charge in [-0.3, -0.25) is 0 Å². The van der Waals surface area contributed by atoms with Gasteiger partial charge in [-0.2, -0.15) is 0 Å². The monoisotopic (exact) mass is 306 g/mol. The van der Waals surface area contributed by atoms with Gasteiger partial charge in [-0.05, 0) is 12.1 Å². The van der Waals surface area contributed by atoms with E-state index in [0.717, 1.165) is 12.1 Å². The van der Waals surface area contributed by atoms with Crippen molar-refractivity contribution >= 4 is 30.5 Å². The zero-order chi connectivity index (χ0) is 12.5. The molecule has 0 aliphatic rings. The van der Waals surface area contributed by atoms with E-state index in [1.54, 1.807) is 0 Å². The molecule has 0 saturated heterocycles. The average molecular weight is 308 g/mol. The molecule has 3 N–H and O–H groups in total. The molecule has 0 spiro atoms. The Bertz CT molecular complexity index is 463. The van der Waals surface area contributed by atoms with Crippen molar-refractivity contribution in [2.24, 2.45) is 0 Å². The largest absolute Gasteiger partial charge is 0.478 e. The predicted molar refractivity (Wildman–Crippen MR) is 54.6 cm³/mol. The summed E-state index contributed by atoms with van der Waals surface area (Å²) in [5.41, 5.74) is -1.33. The molecule has 0 fully saturated rings. The number of hydrogen-bond acceptors (Lipinski definition) is 4. The predicted octanol–water partition coefficient (Wildman–Crippen LogP) is 1.07. The van der Waals surface area contributed by atoms with Crippen LogP contribution >= 0.6 is 12.6 Å². The van der Waals surface area contributed by atoms with Crippen LogP contribution in [0.15, 0.2) is 17.0 Å². The summed E-state index contributed by atoms with van der Waals surface area (Å²) < 4.78 is 0. The van der Waals surface area contributed by atoms with Crippen LogP contribution in [-0.4, -0.2) is 33.2 Å². The summed E-state index contributed by atoms with van der Waals surface area (Å²) >= 11 is 3.75. The fourth-order valence-electron chi connectivity index (χ4n) is 1.08. The second-order valence-electron chi connectivity index (χ2n) is 2.84. The minimum atomic E-state index is -1.43. The van der Waals surface area contributed by atoms with Crippen LogP contribution in [0.1, 0.15) is 31.1 Å². The van der Waals surface area contributed by atoms with E-state index in [9.17, 15) is 14.4 Å². The molecule has 0 unspecified atom stereocenters. The van der Waals surface area contributed by atoms with Crippen molar-refractivity contribution in [2.75, 3.05) is 0 Å². The van der Waals surface area contributed by atoms with Gasteiger partial charge in [0.05, 0.1) is 16.7 Å². The third kappa shape index (κ3) is 3.28. The molecule has 0 amide bonds. The molecule has 17 heavy (non-hydrogen) atoms. The molecule has 1 rings (SSSR count). The molecule has 0 atom stereocenters. The molecule has 0 heterocycles. The number of thiol groups is 1. The molecule has 8 heteroatoms. The summed E-state index contributed by atoms with van der Waals surface area (Å²) in [6.07, 6.45) is 0. The fourth-order valence-corrected chi connectivity index (χ4v) is 1.40. The number of benzene rings is 1. The minimum Gasteiger partial charge on any atom is -0.478 e. The molecular formula is C9H6O6SZn. The van der Waals surface area contributed by atoms with Crippen molar-refractivity contribution in [3.63, 3.8) is 0 Å². The van der Waals surface area contributed by atoms with Crippen LogP contribution in [0.25, 0.3) is 0 Å². The summed E-state index contributed by atoms with van der Waals surface area (Å²) in [7, 11) is 0. The maximum absolute atomic E-state index is 10.7. The van der Waals surface area contributed by atoms with Crippen LogP contribution in [0.3, 0.4) is 0 Å². The van der Waals surface area contributed by atoms with Gasteiger partial charge in [0.2, 0.25) is 0 Å². The third-order valence-electron chi connectivity index (χ3n) is 1.82. The first-order valence-electron chi connectivity index (χ1n) is 3.91. The zero-order valence-corrected chi connectivity index (χ0v) is 12.2. The molecule has 0 aliphatic carbocycles. The fraction of sp³-hybridized carbons (Fsp3) is 0. The molecular weight excluding hydrogens is 302 g/mol. The van der Waals surface area contributed by atoms with E-state index in [2.05, 4.69) is 12.6 Å². The molecule has 0 bridgehead atoms. The van der Waals surface area contributed by atoms with E-state index < -0.39 is 34.6 Å². The first-order chi connectivity index (χ1) is 7.34. The maximum atomic E-state index is 10.7. The Labute approximate surface area is 113 Å². The van der Waals surface area contributed by atoms with Gasteiger partial charge in [0, 0.05) is 24.4 Å². The average Bonchev–Trinajstić information content (AvgIpc) is 2.16. The van der Waals surface area contributed by atoms with Crippen LogP contribution in [0.4, 0.5) is 0 Å². The number of rotatable bonds is 3. The molecule has 6 nitrogen and oxygen atoms in total. The second kappa shape index (κ2) is 5.79. The Kier molecular flexibility index (Phi) is 5.31. The van der Waals surface area contributed by atoms with E-state index in [0.29, 0.717) is 0 Å². The van der Waals surface area contributed by atoms with Crippen LogP contribution in [0, 0.1) is 0 Å². The topological polar surface area (TPSA) is 112 Å².